The van der Waals surface area contributed by atoms with Crippen molar-refractivity contribution in [3.8, 4) is 5.75 Å². The quantitative estimate of drug-likeness (QED) is 0.0761. The number of hydrogen-bond acceptors (Lipinski definition) is 6. The number of aromatic nitrogens is 1. The van der Waals surface area contributed by atoms with Crippen molar-refractivity contribution in [2.45, 2.75) is 59.1 Å². The molecule has 0 radical (unpaired) electrons. The molecule has 0 spiro atoms. The minimum absolute atomic E-state index is 0.0357. The molecule has 0 bridgehead atoms. The first-order valence-corrected chi connectivity index (χ1v) is 13.1. The summed E-state index contributed by atoms with van der Waals surface area (Å²) < 4.78 is 13.3. The first-order chi connectivity index (χ1) is 18.4. The molecule has 0 saturated heterocycles. The van der Waals surface area contributed by atoms with Crippen LogP contribution in [0.3, 0.4) is 0 Å². The standard InChI is InChI=1S/C28H42N6O4/c1-5-7-8-13-31-28(33-25(29)9-6-2)27-21(3)12-14-34(27)17-23-11-10-22(15-24(23)37-4)18-38-20-32-26(36)16-30-19-35/h10-12,14-15,19,31H,3,5-9,13,16-18,20H2,1-2,4H3,(H2,29,33)(H,30,35)(H,32,36)/b28-27+. The Morgan fingerprint density at radius 1 is 1.18 bits per heavy atom. The van der Waals surface area contributed by atoms with Crippen molar-refractivity contribution in [1.29, 1.82) is 0 Å². The summed E-state index contributed by atoms with van der Waals surface area (Å²) in [5.41, 5.74) is 8.10. The number of benzene rings is 1. The Kier molecular flexibility index (Phi) is 13.5. The van der Waals surface area contributed by atoms with Gasteiger partial charge < -0.3 is 35.7 Å². The van der Waals surface area contributed by atoms with Crippen molar-refractivity contribution in [2.75, 3.05) is 26.9 Å². The minimum Gasteiger partial charge on any atom is -0.496 e. The van der Waals surface area contributed by atoms with Crippen LogP contribution in [0, 0.1) is 0 Å². The number of aliphatic imine (C=N–C) groups is 1. The maximum Gasteiger partial charge on any atom is 0.241 e. The van der Waals surface area contributed by atoms with E-state index in [-0.39, 0.29) is 19.2 Å². The molecule has 0 aliphatic carbocycles. The number of ether oxygens (including phenoxy) is 2. The van der Waals surface area contributed by atoms with Crippen molar-refractivity contribution in [3.05, 3.63) is 52.2 Å². The average Bonchev–Trinajstić information content (AvgIpc) is 3.27. The number of nitrogens with zero attached hydrogens (tertiary/aromatic N) is 2. The number of amidine groups is 1. The number of methoxy groups -OCH3 is 1. The van der Waals surface area contributed by atoms with E-state index in [0.717, 1.165) is 71.9 Å². The molecule has 10 heteroatoms. The molecule has 208 valence electrons. The van der Waals surface area contributed by atoms with Gasteiger partial charge in [-0.05, 0) is 35.8 Å². The second-order valence-corrected chi connectivity index (χ2v) is 8.89. The van der Waals surface area contributed by atoms with E-state index in [0.29, 0.717) is 25.4 Å². The van der Waals surface area contributed by atoms with Gasteiger partial charge in [0.25, 0.3) is 0 Å². The lowest BCUT2D eigenvalue weighted by Crippen LogP contribution is -2.36. The van der Waals surface area contributed by atoms with Gasteiger partial charge in [-0.2, -0.15) is 0 Å². The molecule has 0 aliphatic heterocycles. The molecule has 2 rings (SSSR count). The highest BCUT2D eigenvalue weighted by Gasteiger charge is 2.10. The minimum atomic E-state index is -0.325. The predicted molar refractivity (Wildman–Crippen MR) is 151 cm³/mol. The van der Waals surface area contributed by atoms with Gasteiger partial charge >= 0.3 is 0 Å². The zero-order valence-corrected chi connectivity index (χ0v) is 22.8. The highest BCUT2D eigenvalue weighted by Crippen LogP contribution is 2.21. The Morgan fingerprint density at radius 3 is 2.71 bits per heavy atom. The fraction of sp³-hybridized carbons (Fsp3) is 0.464. The van der Waals surface area contributed by atoms with Gasteiger partial charge in [0.1, 0.15) is 18.3 Å². The van der Waals surface area contributed by atoms with E-state index in [1.807, 2.05) is 30.5 Å². The number of nitrogens with one attached hydrogen (secondary N) is 3. The largest absolute Gasteiger partial charge is 0.496 e. The summed E-state index contributed by atoms with van der Waals surface area (Å²) in [5.74, 6) is 1.73. The third kappa shape index (κ3) is 9.93. The van der Waals surface area contributed by atoms with Gasteiger partial charge in [0.05, 0.1) is 32.2 Å². The van der Waals surface area contributed by atoms with Crippen LogP contribution >= 0.6 is 0 Å². The molecule has 1 aromatic carbocycles. The normalized spacial score (nSPS) is 12.1. The Labute approximate surface area is 225 Å². The molecular weight excluding hydrogens is 484 g/mol. The second-order valence-electron chi connectivity index (χ2n) is 8.89. The third-order valence-electron chi connectivity index (χ3n) is 5.78. The Balaban J connectivity index is 2.23. The Hall–Kier alpha value is -3.79. The highest BCUT2D eigenvalue weighted by atomic mass is 16.5. The summed E-state index contributed by atoms with van der Waals surface area (Å²) in [6.45, 7) is 10.1. The van der Waals surface area contributed by atoms with E-state index in [4.69, 9.17) is 20.2 Å². The number of rotatable bonds is 18. The van der Waals surface area contributed by atoms with Crippen LogP contribution < -0.4 is 37.0 Å². The molecule has 1 heterocycles. The van der Waals surface area contributed by atoms with Gasteiger partial charge in [-0.3, -0.25) is 9.59 Å². The zero-order valence-electron chi connectivity index (χ0n) is 22.8. The number of nitrogens with two attached hydrogens (primary N) is 1. The fourth-order valence-electron chi connectivity index (χ4n) is 3.84. The molecule has 2 amide bonds. The van der Waals surface area contributed by atoms with Crippen LogP contribution in [0.1, 0.15) is 57.1 Å². The average molecular weight is 527 g/mol. The van der Waals surface area contributed by atoms with Crippen LogP contribution in [0.2, 0.25) is 0 Å². The van der Waals surface area contributed by atoms with E-state index in [1.165, 1.54) is 0 Å². The second kappa shape index (κ2) is 16.9. The summed E-state index contributed by atoms with van der Waals surface area (Å²) in [4.78, 5) is 26.5. The first-order valence-electron chi connectivity index (χ1n) is 13.1. The van der Waals surface area contributed by atoms with Crippen molar-refractivity contribution in [1.82, 2.24) is 20.5 Å². The number of unbranched alkanes of at least 4 members (excludes halogenated alkanes) is 2. The van der Waals surface area contributed by atoms with Crippen molar-refractivity contribution >= 4 is 30.6 Å². The summed E-state index contributed by atoms with van der Waals surface area (Å²) >= 11 is 0. The molecule has 10 nitrogen and oxygen atoms in total. The van der Waals surface area contributed by atoms with Crippen LogP contribution in [0.15, 0.2) is 35.5 Å². The van der Waals surface area contributed by atoms with Gasteiger partial charge in [-0.1, -0.05) is 45.4 Å². The van der Waals surface area contributed by atoms with Gasteiger partial charge in [0.15, 0.2) is 5.82 Å². The smallest absolute Gasteiger partial charge is 0.241 e. The van der Waals surface area contributed by atoms with Crippen molar-refractivity contribution < 1.29 is 19.1 Å². The number of amides is 2. The summed E-state index contributed by atoms with van der Waals surface area (Å²) in [7, 11) is 1.63. The highest BCUT2D eigenvalue weighted by molar-refractivity contribution is 5.83. The molecule has 0 atom stereocenters. The molecule has 0 fully saturated rings. The lowest BCUT2D eigenvalue weighted by Gasteiger charge is -2.14. The van der Waals surface area contributed by atoms with Gasteiger partial charge in [-0.25, -0.2) is 4.99 Å². The van der Waals surface area contributed by atoms with Crippen LogP contribution in [-0.2, 0) is 27.5 Å². The molecule has 0 unspecified atom stereocenters. The topological polar surface area (TPSA) is 132 Å². The lowest BCUT2D eigenvalue weighted by atomic mass is 10.1. The summed E-state index contributed by atoms with van der Waals surface area (Å²) in [6, 6.07) is 7.86. The first kappa shape index (κ1) is 30.4. The van der Waals surface area contributed by atoms with Crippen LogP contribution in [0.25, 0.3) is 12.4 Å². The molecule has 0 aliphatic rings. The van der Waals surface area contributed by atoms with E-state index in [9.17, 15) is 9.59 Å². The molecule has 5 N–H and O–H groups in total. The molecule has 1 aromatic heterocycles. The zero-order chi connectivity index (χ0) is 27.8. The molecule has 2 aromatic rings. The number of hydrogen-bond donors (Lipinski definition) is 4. The maximum absolute atomic E-state index is 11.5. The SMILES string of the molecule is C=c1ccn(Cc2ccc(COCNC(=O)CNC=O)cc2OC)/c1=C(/N=C(/N)CCC)NCCCCC. The maximum atomic E-state index is 11.5. The summed E-state index contributed by atoms with van der Waals surface area (Å²) in [6.07, 6.45) is 7.45. The van der Waals surface area contributed by atoms with Gasteiger partial charge in [0.2, 0.25) is 12.3 Å². The Bertz CT molecular complexity index is 1170. The third-order valence-corrected chi connectivity index (χ3v) is 5.78. The summed E-state index contributed by atoms with van der Waals surface area (Å²) in [5, 5.41) is 10.1. The number of carbonyl (C=O) groups is 2. The molecule has 38 heavy (non-hydrogen) atoms. The van der Waals surface area contributed by atoms with Crippen molar-refractivity contribution in [2.24, 2.45) is 10.7 Å². The fourth-order valence-corrected chi connectivity index (χ4v) is 3.84. The predicted octanol–water partition coefficient (Wildman–Crippen LogP) is 1.29. The monoisotopic (exact) mass is 526 g/mol. The lowest BCUT2D eigenvalue weighted by molar-refractivity contribution is -0.123. The van der Waals surface area contributed by atoms with E-state index in [2.05, 4.69) is 40.9 Å². The van der Waals surface area contributed by atoms with Gasteiger partial charge in [0, 0.05) is 24.7 Å². The molecule has 0 saturated carbocycles. The number of carbonyl (C=O) groups excluding carboxylic acids is 2. The van der Waals surface area contributed by atoms with E-state index in [1.54, 1.807) is 7.11 Å². The van der Waals surface area contributed by atoms with Crippen LogP contribution in [0.4, 0.5) is 0 Å². The van der Waals surface area contributed by atoms with E-state index < -0.39 is 0 Å². The van der Waals surface area contributed by atoms with Crippen LogP contribution in [-0.4, -0.2) is 49.7 Å². The molecular formula is C28H42N6O4. The Morgan fingerprint density at radius 2 is 2.00 bits per heavy atom. The van der Waals surface area contributed by atoms with Crippen LogP contribution in [0.5, 0.6) is 5.75 Å². The van der Waals surface area contributed by atoms with Crippen molar-refractivity contribution in [3.63, 3.8) is 0 Å². The van der Waals surface area contributed by atoms with E-state index >= 15 is 0 Å². The van der Waals surface area contributed by atoms with Gasteiger partial charge in [-0.15, -0.1) is 0 Å².